The maximum Gasteiger partial charge on any atom is 0.0667 e. The number of aryl methyl sites for hydroxylation is 2. The number of oxime groups is 1. The van der Waals surface area contributed by atoms with Crippen LogP contribution in [0.4, 0.5) is 0 Å². The molecule has 1 N–H and O–H groups in total. The molecule has 0 atom stereocenters. The van der Waals surface area contributed by atoms with Crippen molar-refractivity contribution in [3.05, 3.63) is 76.9 Å². The highest BCUT2D eigenvalue weighted by molar-refractivity contribution is 5.91. The molecule has 0 radical (unpaired) electrons. The second-order valence-corrected chi connectivity index (χ2v) is 4.58. The van der Waals surface area contributed by atoms with Gasteiger partial charge in [-0.05, 0) is 36.6 Å². The lowest BCUT2D eigenvalue weighted by molar-refractivity contribution is 0.322. The molecule has 19 heavy (non-hydrogen) atoms. The monoisotopic (exact) mass is 251 g/mol. The summed E-state index contributed by atoms with van der Waals surface area (Å²) in [7, 11) is 0. The summed E-state index contributed by atoms with van der Waals surface area (Å²) in [6, 6.07) is 16.6. The molecule has 96 valence electrons. The lowest BCUT2D eigenvalue weighted by atomic mass is 9.96. The van der Waals surface area contributed by atoms with Gasteiger partial charge in [-0.25, -0.2) is 0 Å². The van der Waals surface area contributed by atoms with Crippen LogP contribution in [0.1, 0.15) is 22.3 Å². The van der Waals surface area contributed by atoms with Crippen LogP contribution in [-0.2, 0) is 0 Å². The molecule has 0 spiro atoms. The number of nitrogens with zero attached hydrogens (tertiary/aromatic N) is 1. The highest BCUT2D eigenvalue weighted by Gasteiger charge is 2.04. The quantitative estimate of drug-likeness (QED) is 0.495. The minimum absolute atomic E-state index is 1.04. The lowest BCUT2D eigenvalue weighted by Crippen LogP contribution is -1.89. The normalized spacial score (nSPS) is 10.6. The predicted octanol–water partition coefficient (Wildman–Crippen LogP) is 4.20. The summed E-state index contributed by atoms with van der Waals surface area (Å²) in [5.74, 6) is 0. The van der Waals surface area contributed by atoms with Gasteiger partial charge in [0, 0.05) is 0 Å². The Morgan fingerprint density at radius 2 is 1.26 bits per heavy atom. The topological polar surface area (TPSA) is 32.6 Å². The van der Waals surface area contributed by atoms with E-state index in [1.54, 1.807) is 0 Å². The van der Waals surface area contributed by atoms with Gasteiger partial charge in [0.15, 0.2) is 0 Å². The minimum Gasteiger partial charge on any atom is -0.411 e. The minimum atomic E-state index is 1.04. The second-order valence-electron chi connectivity index (χ2n) is 4.58. The molecule has 0 saturated carbocycles. The number of hydrogen-bond donors (Lipinski definition) is 1. The van der Waals surface area contributed by atoms with Crippen molar-refractivity contribution in [1.29, 1.82) is 0 Å². The van der Waals surface area contributed by atoms with Crippen LogP contribution < -0.4 is 0 Å². The molecule has 0 saturated heterocycles. The molecule has 0 bridgehead atoms. The number of rotatable bonds is 3. The molecular weight excluding hydrogens is 234 g/mol. The summed E-state index contributed by atoms with van der Waals surface area (Å²) in [6.45, 7) is 4.13. The zero-order valence-electron chi connectivity index (χ0n) is 11.2. The molecule has 0 unspecified atom stereocenters. The van der Waals surface area contributed by atoms with Gasteiger partial charge in [0.1, 0.15) is 0 Å². The summed E-state index contributed by atoms with van der Waals surface area (Å²) in [5.41, 5.74) is 5.70. The highest BCUT2D eigenvalue weighted by atomic mass is 16.4. The smallest absolute Gasteiger partial charge is 0.0667 e. The molecular formula is C17H17NO. The molecule has 0 aromatic heterocycles. The average molecular weight is 251 g/mol. The first-order valence-electron chi connectivity index (χ1n) is 6.22. The second kappa shape index (κ2) is 6.01. The summed E-state index contributed by atoms with van der Waals surface area (Å²) in [6.07, 6.45) is 3.21. The van der Waals surface area contributed by atoms with Crippen LogP contribution in [0.2, 0.25) is 0 Å². The maximum absolute atomic E-state index is 8.62. The molecule has 2 heteroatoms. The van der Waals surface area contributed by atoms with E-state index in [4.69, 9.17) is 5.21 Å². The van der Waals surface area contributed by atoms with Crippen LogP contribution in [0.15, 0.2) is 59.8 Å². The van der Waals surface area contributed by atoms with E-state index >= 15 is 0 Å². The van der Waals surface area contributed by atoms with Crippen molar-refractivity contribution >= 4 is 11.8 Å². The molecule has 0 aliphatic heterocycles. The Labute approximate surface area is 113 Å². The van der Waals surface area contributed by atoms with Crippen LogP contribution in [-0.4, -0.2) is 11.4 Å². The van der Waals surface area contributed by atoms with Crippen molar-refractivity contribution in [2.75, 3.05) is 0 Å². The molecule has 2 aromatic carbocycles. The third-order valence-corrected chi connectivity index (χ3v) is 3.03. The SMILES string of the molecule is Cc1ccc(C(=C/C=N/O)c2ccc(C)cc2)cc1. The van der Waals surface area contributed by atoms with Crippen LogP contribution in [0.5, 0.6) is 0 Å². The third kappa shape index (κ3) is 3.32. The molecule has 0 aliphatic carbocycles. The van der Waals surface area contributed by atoms with E-state index in [9.17, 15) is 0 Å². The van der Waals surface area contributed by atoms with Gasteiger partial charge in [-0.2, -0.15) is 0 Å². The van der Waals surface area contributed by atoms with Gasteiger partial charge in [-0.15, -0.1) is 0 Å². The molecule has 0 amide bonds. The summed E-state index contributed by atoms with van der Waals surface area (Å²) in [4.78, 5) is 0. The fourth-order valence-electron chi connectivity index (χ4n) is 1.93. The van der Waals surface area contributed by atoms with Crippen LogP contribution >= 0.6 is 0 Å². The first-order chi connectivity index (χ1) is 9.20. The Balaban J connectivity index is 2.47. The van der Waals surface area contributed by atoms with Crippen LogP contribution in [0.25, 0.3) is 5.57 Å². The first-order valence-corrected chi connectivity index (χ1v) is 6.22. The average Bonchev–Trinajstić information content (AvgIpc) is 2.43. The fourth-order valence-corrected chi connectivity index (χ4v) is 1.93. The molecule has 2 rings (SSSR count). The van der Waals surface area contributed by atoms with Gasteiger partial charge in [0.25, 0.3) is 0 Å². The molecule has 2 nitrogen and oxygen atoms in total. The van der Waals surface area contributed by atoms with E-state index < -0.39 is 0 Å². The standard InChI is InChI=1S/C17H17NO/c1-13-3-7-15(8-4-13)17(11-12-18-19)16-9-5-14(2)6-10-16/h3-12,19H,1-2H3/b18-12+. The number of benzene rings is 2. The van der Waals surface area contributed by atoms with Gasteiger partial charge < -0.3 is 5.21 Å². The Morgan fingerprint density at radius 1 is 0.842 bits per heavy atom. The summed E-state index contributed by atoms with van der Waals surface area (Å²) < 4.78 is 0. The molecule has 0 fully saturated rings. The third-order valence-electron chi connectivity index (χ3n) is 3.03. The summed E-state index contributed by atoms with van der Waals surface area (Å²) >= 11 is 0. The van der Waals surface area contributed by atoms with Crippen LogP contribution in [0.3, 0.4) is 0 Å². The van der Waals surface area contributed by atoms with Gasteiger partial charge in [-0.1, -0.05) is 64.8 Å². The molecule has 0 heterocycles. The van der Waals surface area contributed by atoms with Gasteiger partial charge in [0.2, 0.25) is 0 Å². The predicted molar refractivity (Wildman–Crippen MR) is 79.7 cm³/mol. The zero-order chi connectivity index (χ0) is 13.7. The lowest BCUT2D eigenvalue weighted by Gasteiger charge is -2.08. The maximum atomic E-state index is 8.62. The van der Waals surface area contributed by atoms with E-state index in [0.29, 0.717) is 0 Å². The Bertz CT molecular complexity index is 545. The van der Waals surface area contributed by atoms with Gasteiger partial charge >= 0.3 is 0 Å². The number of allylic oxidation sites excluding steroid dienone is 1. The van der Waals surface area contributed by atoms with E-state index in [1.807, 2.05) is 6.08 Å². The molecule has 2 aromatic rings. The van der Waals surface area contributed by atoms with Crippen molar-refractivity contribution in [2.24, 2.45) is 5.16 Å². The van der Waals surface area contributed by atoms with E-state index in [-0.39, 0.29) is 0 Å². The first kappa shape index (κ1) is 13.1. The van der Waals surface area contributed by atoms with Gasteiger partial charge in [0.05, 0.1) is 6.21 Å². The Kier molecular flexibility index (Phi) is 4.14. The zero-order valence-corrected chi connectivity index (χ0v) is 11.2. The van der Waals surface area contributed by atoms with Crippen LogP contribution in [0, 0.1) is 13.8 Å². The van der Waals surface area contributed by atoms with E-state index in [1.165, 1.54) is 17.3 Å². The summed E-state index contributed by atoms with van der Waals surface area (Å²) in [5, 5.41) is 11.7. The fraction of sp³-hybridized carbons (Fsp3) is 0.118. The van der Waals surface area contributed by atoms with Crippen molar-refractivity contribution < 1.29 is 5.21 Å². The van der Waals surface area contributed by atoms with Crippen molar-refractivity contribution in [1.82, 2.24) is 0 Å². The Hall–Kier alpha value is -2.35. The van der Waals surface area contributed by atoms with Crippen molar-refractivity contribution in [3.8, 4) is 0 Å². The largest absolute Gasteiger partial charge is 0.411 e. The number of hydrogen-bond acceptors (Lipinski definition) is 2. The van der Waals surface area contributed by atoms with E-state index in [2.05, 4.69) is 67.5 Å². The molecule has 0 aliphatic rings. The Morgan fingerprint density at radius 3 is 1.63 bits per heavy atom. The van der Waals surface area contributed by atoms with E-state index in [0.717, 1.165) is 16.7 Å². The van der Waals surface area contributed by atoms with Crippen molar-refractivity contribution in [3.63, 3.8) is 0 Å². The van der Waals surface area contributed by atoms with Gasteiger partial charge in [-0.3, -0.25) is 0 Å². The highest BCUT2D eigenvalue weighted by Crippen LogP contribution is 2.23. The van der Waals surface area contributed by atoms with Crippen molar-refractivity contribution in [2.45, 2.75) is 13.8 Å².